The van der Waals surface area contributed by atoms with Crippen molar-refractivity contribution in [1.82, 2.24) is 25.1 Å². The minimum Gasteiger partial charge on any atom is -0.378 e. The van der Waals surface area contributed by atoms with Crippen molar-refractivity contribution in [2.45, 2.75) is 57.9 Å². The summed E-state index contributed by atoms with van der Waals surface area (Å²) in [5, 5.41) is 6.61. The average molecular weight is 491 g/mol. The lowest BCUT2D eigenvalue weighted by molar-refractivity contribution is 0.0429. The lowest BCUT2D eigenvalue weighted by atomic mass is 10.0. The third-order valence-electron chi connectivity index (χ3n) is 6.62. The van der Waals surface area contributed by atoms with Gasteiger partial charge in [-0.3, -0.25) is 0 Å². The van der Waals surface area contributed by atoms with Crippen LogP contribution < -0.4 is 10.6 Å². The highest BCUT2D eigenvalue weighted by Gasteiger charge is 2.32. The van der Waals surface area contributed by atoms with E-state index in [1.165, 1.54) is 12.1 Å². The Bertz CT molecular complexity index is 1090. The second kappa shape index (κ2) is 9.98. The molecule has 0 bridgehead atoms. The molecule has 0 spiro atoms. The van der Waals surface area contributed by atoms with E-state index in [1.54, 1.807) is 16.7 Å². The van der Waals surface area contributed by atoms with Crippen molar-refractivity contribution in [1.29, 1.82) is 0 Å². The number of alkyl halides is 2. The number of rotatable bonds is 7. The number of fused-ring (bicyclic) bond motifs is 1. The van der Waals surface area contributed by atoms with E-state index in [4.69, 9.17) is 9.72 Å². The van der Waals surface area contributed by atoms with Crippen LogP contribution >= 0.6 is 0 Å². The Morgan fingerprint density at radius 3 is 2.60 bits per heavy atom. The molecule has 1 aliphatic carbocycles. The lowest BCUT2D eigenvalue weighted by Gasteiger charge is -2.30. The number of hydrogen-bond donors (Lipinski definition) is 2. The van der Waals surface area contributed by atoms with Crippen LogP contribution in [-0.4, -0.2) is 58.1 Å². The number of hydrogen-bond acceptors (Lipinski definition) is 6. The Kier molecular flexibility index (Phi) is 6.79. The summed E-state index contributed by atoms with van der Waals surface area (Å²) in [6, 6.07) is 3.77. The number of amides is 2. The van der Waals surface area contributed by atoms with Gasteiger partial charge in [0.05, 0.1) is 50.1 Å². The standard InChI is InChI=1S/C24H29F3N6O2/c1-14(16-3-2-4-17(21(16)25)22(26)27)29-23-18-12-33(24(34)32-7-9-35-10-8-32)13-19(18)30-20(31-23)11-28-15-5-6-15/h2-4,14-15,22,28H,5-13H2,1H3,(H,29,30,31). The maximum atomic E-state index is 14.8. The topological polar surface area (TPSA) is 82.6 Å². The number of nitrogens with one attached hydrogen (secondary N) is 2. The van der Waals surface area contributed by atoms with Gasteiger partial charge in [0.2, 0.25) is 0 Å². The van der Waals surface area contributed by atoms with Gasteiger partial charge in [-0.2, -0.15) is 0 Å². The Morgan fingerprint density at radius 1 is 1.14 bits per heavy atom. The van der Waals surface area contributed by atoms with Crippen molar-refractivity contribution in [2.75, 3.05) is 31.6 Å². The van der Waals surface area contributed by atoms with E-state index >= 15 is 0 Å². The molecule has 1 saturated heterocycles. The number of ether oxygens (including phenoxy) is 1. The summed E-state index contributed by atoms with van der Waals surface area (Å²) in [6.45, 7) is 4.95. The van der Waals surface area contributed by atoms with Crippen LogP contribution in [-0.2, 0) is 24.4 Å². The van der Waals surface area contributed by atoms with Gasteiger partial charge in [0.15, 0.2) is 0 Å². The third-order valence-corrected chi connectivity index (χ3v) is 6.62. The zero-order valence-corrected chi connectivity index (χ0v) is 19.6. The van der Waals surface area contributed by atoms with Crippen LogP contribution in [0.3, 0.4) is 0 Å². The van der Waals surface area contributed by atoms with E-state index in [0.29, 0.717) is 63.6 Å². The smallest absolute Gasteiger partial charge is 0.320 e. The molecule has 3 heterocycles. The summed E-state index contributed by atoms with van der Waals surface area (Å²) in [4.78, 5) is 25.9. The maximum Gasteiger partial charge on any atom is 0.320 e. The van der Waals surface area contributed by atoms with Gasteiger partial charge in [-0.15, -0.1) is 0 Å². The minimum atomic E-state index is -2.90. The predicted molar refractivity (Wildman–Crippen MR) is 122 cm³/mol. The van der Waals surface area contributed by atoms with Gasteiger partial charge < -0.3 is 25.2 Å². The SMILES string of the molecule is CC(Nc1nc(CNC2CC2)nc2c1CN(C(=O)N1CCOCC1)C2)c1cccc(C(F)F)c1F. The molecule has 2 N–H and O–H groups in total. The highest BCUT2D eigenvalue weighted by atomic mass is 19.3. The molecule has 35 heavy (non-hydrogen) atoms. The largest absolute Gasteiger partial charge is 0.378 e. The summed E-state index contributed by atoms with van der Waals surface area (Å²) in [6.07, 6.45) is -0.658. The second-order valence-electron chi connectivity index (χ2n) is 9.22. The van der Waals surface area contributed by atoms with Crippen LogP contribution in [0.15, 0.2) is 18.2 Å². The molecular weight excluding hydrogens is 461 g/mol. The molecule has 5 rings (SSSR count). The molecule has 11 heteroatoms. The van der Waals surface area contributed by atoms with Gasteiger partial charge in [-0.25, -0.2) is 27.9 Å². The van der Waals surface area contributed by atoms with Crippen LogP contribution in [0.25, 0.3) is 0 Å². The molecule has 1 unspecified atom stereocenters. The molecule has 1 atom stereocenters. The van der Waals surface area contributed by atoms with Crippen molar-refractivity contribution in [3.63, 3.8) is 0 Å². The molecule has 188 valence electrons. The molecular formula is C24H29F3N6O2. The Balaban J connectivity index is 1.40. The number of morpholine rings is 1. The minimum absolute atomic E-state index is 0.0846. The molecule has 2 aromatic rings. The number of urea groups is 1. The van der Waals surface area contributed by atoms with Crippen LogP contribution in [0.5, 0.6) is 0 Å². The van der Waals surface area contributed by atoms with Crippen LogP contribution in [0.1, 0.15) is 60.4 Å². The van der Waals surface area contributed by atoms with E-state index in [2.05, 4.69) is 15.6 Å². The van der Waals surface area contributed by atoms with Gasteiger partial charge in [0.25, 0.3) is 6.43 Å². The zero-order chi connectivity index (χ0) is 24.5. The number of halogens is 3. The summed E-state index contributed by atoms with van der Waals surface area (Å²) < 4.78 is 46.6. The number of carbonyl (C=O) groups is 1. The van der Waals surface area contributed by atoms with Crippen molar-refractivity contribution >= 4 is 11.8 Å². The zero-order valence-electron chi connectivity index (χ0n) is 19.6. The van der Waals surface area contributed by atoms with Crippen LogP contribution in [0.4, 0.5) is 23.8 Å². The Hall–Kier alpha value is -2.92. The van der Waals surface area contributed by atoms with Gasteiger partial charge in [0.1, 0.15) is 17.5 Å². The summed E-state index contributed by atoms with van der Waals surface area (Å²) in [5.41, 5.74) is 1.01. The number of carbonyl (C=O) groups excluding carboxylic acids is 1. The fourth-order valence-electron chi connectivity index (χ4n) is 4.47. The third kappa shape index (κ3) is 5.20. The van der Waals surface area contributed by atoms with Gasteiger partial charge >= 0.3 is 6.03 Å². The molecule has 2 amide bonds. The average Bonchev–Trinajstić information content (AvgIpc) is 3.59. The normalized spacial score (nSPS) is 18.7. The summed E-state index contributed by atoms with van der Waals surface area (Å²) in [5.74, 6) is 0.148. The molecule has 3 aliphatic rings. The summed E-state index contributed by atoms with van der Waals surface area (Å²) in [7, 11) is 0. The number of aromatic nitrogens is 2. The summed E-state index contributed by atoms with van der Waals surface area (Å²) >= 11 is 0. The van der Waals surface area contributed by atoms with E-state index in [-0.39, 0.29) is 11.6 Å². The Morgan fingerprint density at radius 2 is 1.89 bits per heavy atom. The Labute approximate surface area is 201 Å². The lowest BCUT2D eigenvalue weighted by Crippen LogP contribution is -2.46. The van der Waals surface area contributed by atoms with Crippen molar-refractivity contribution in [2.24, 2.45) is 0 Å². The van der Waals surface area contributed by atoms with Gasteiger partial charge in [0, 0.05) is 30.3 Å². The van der Waals surface area contributed by atoms with Crippen LogP contribution in [0, 0.1) is 5.82 Å². The fraction of sp³-hybridized carbons (Fsp3) is 0.542. The van der Waals surface area contributed by atoms with E-state index in [9.17, 15) is 18.0 Å². The number of benzene rings is 1. The van der Waals surface area contributed by atoms with Gasteiger partial charge in [-0.1, -0.05) is 18.2 Å². The first-order valence-corrected chi connectivity index (χ1v) is 12.0. The molecule has 1 saturated carbocycles. The fourth-order valence-corrected chi connectivity index (χ4v) is 4.47. The van der Waals surface area contributed by atoms with Crippen molar-refractivity contribution in [3.05, 3.63) is 52.2 Å². The highest BCUT2D eigenvalue weighted by Crippen LogP contribution is 2.33. The van der Waals surface area contributed by atoms with Crippen LogP contribution in [0.2, 0.25) is 0 Å². The molecule has 2 aliphatic heterocycles. The molecule has 2 fully saturated rings. The molecule has 8 nitrogen and oxygen atoms in total. The highest BCUT2D eigenvalue weighted by molar-refractivity contribution is 5.76. The monoisotopic (exact) mass is 490 g/mol. The number of nitrogens with zero attached hydrogens (tertiary/aromatic N) is 4. The predicted octanol–water partition coefficient (Wildman–Crippen LogP) is 3.75. The van der Waals surface area contributed by atoms with Gasteiger partial charge in [-0.05, 0) is 19.8 Å². The first kappa shape index (κ1) is 23.8. The van der Waals surface area contributed by atoms with E-state index < -0.39 is 23.8 Å². The quantitative estimate of drug-likeness (QED) is 0.615. The number of anilines is 1. The van der Waals surface area contributed by atoms with Crippen molar-refractivity contribution in [3.8, 4) is 0 Å². The molecule has 1 aromatic carbocycles. The first-order valence-electron chi connectivity index (χ1n) is 12.0. The van der Waals surface area contributed by atoms with Crippen molar-refractivity contribution < 1.29 is 22.7 Å². The second-order valence-corrected chi connectivity index (χ2v) is 9.22. The molecule has 0 radical (unpaired) electrons. The first-order chi connectivity index (χ1) is 16.9. The van der Waals surface area contributed by atoms with E-state index in [0.717, 1.165) is 30.2 Å². The molecule has 1 aromatic heterocycles. The van der Waals surface area contributed by atoms with E-state index in [1.807, 2.05) is 0 Å². The maximum absolute atomic E-state index is 14.8.